The summed E-state index contributed by atoms with van der Waals surface area (Å²) < 4.78 is 5.25. The summed E-state index contributed by atoms with van der Waals surface area (Å²) in [6, 6.07) is 11.8. The van der Waals surface area contributed by atoms with E-state index in [1.165, 1.54) is 0 Å². The second kappa shape index (κ2) is 7.13. The molecule has 0 unspecified atom stereocenters. The first kappa shape index (κ1) is 16.8. The highest BCUT2D eigenvalue weighted by Gasteiger charge is 2.16. The molecule has 0 bridgehead atoms. The molecule has 0 saturated carbocycles. The molecular weight excluding hydrogens is 292 g/mol. The Bertz CT molecular complexity index is 705. The van der Waals surface area contributed by atoms with Crippen LogP contribution < -0.4 is 10.6 Å². The Balaban J connectivity index is 2.18. The third-order valence-electron chi connectivity index (χ3n) is 3.30. The maximum Gasteiger partial charge on any atom is 0.407 e. The third-order valence-corrected chi connectivity index (χ3v) is 3.30. The van der Waals surface area contributed by atoms with E-state index in [-0.39, 0.29) is 0 Å². The van der Waals surface area contributed by atoms with Crippen LogP contribution in [-0.2, 0) is 22.6 Å². The molecule has 2 aromatic carbocycles. The topological polar surface area (TPSA) is 67.4 Å². The number of hydrogen-bond donors (Lipinski definition) is 2. The summed E-state index contributed by atoms with van der Waals surface area (Å²) in [6.45, 7) is 6.35. The van der Waals surface area contributed by atoms with Crippen molar-refractivity contribution in [3.63, 3.8) is 0 Å². The van der Waals surface area contributed by atoms with Gasteiger partial charge in [0, 0.05) is 13.1 Å². The Kier molecular flexibility index (Phi) is 5.21. The Labute approximate surface area is 136 Å². The van der Waals surface area contributed by atoms with Crippen LogP contribution in [0.25, 0.3) is 10.8 Å². The number of fused-ring (bicyclic) bond motifs is 1. The SMILES string of the molecule is CC(C)(C)OC(=O)NCc1ccc(CNC=O)c2ccccc12. The lowest BCUT2D eigenvalue weighted by Gasteiger charge is -2.20. The van der Waals surface area contributed by atoms with Crippen LogP contribution >= 0.6 is 0 Å². The Morgan fingerprint density at radius 2 is 1.61 bits per heavy atom. The number of nitrogens with one attached hydrogen (secondary N) is 2. The molecule has 5 nitrogen and oxygen atoms in total. The summed E-state index contributed by atoms with van der Waals surface area (Å²) in [5, 5.41) is 7.57. The third kappa shape index (κ3) is 4.71. The highest BCUT2D eigenvalue weighted by atomic mass is 16.6. The molecule has 2 amide bonds. The van der Waals surface area contributed by atoms with Crippen molar-refractivity contribution in [3.8, 4) is 0 Å². The second-order valence-corrected chi connectivity index (χ2v) is 6.28. The zero-order chi connectivity index (χ0) is 16.9. The van der Waals surface area contributed by atoms with Crippen LogP contribution in [0.15, 0.2) is 36.4 Å². The maximum atomic E-state index is 11.8. The summed E-state index contributed by atoms with van der Waals surface area (Å²) >= 11 is 0. The molecule has 0 saturated heterocycles. The molecule has 0 heterocycles. The summed E-state index contributed by atoms with van der Waals surface area (Å²) in [5.74, 6) is 0. The number of hydrogen-bond acceptors (Lipinski definition) is 3. The van der Waals surface area contributed by atoms with E-state index in [0.29, 0.717) is 19.5 Å². The van der Waals surface area contributed by atoms with Crippen LogP contribution in [-0.4, -0.2) is 18.1 Å². The van der Waals surface area contributed by atoms with E-state index in [0.717, 1.165) is 21.9 Å². The number of carbonyl (C=O) groups excluding carboxylic acids is 2. The van der Waals surface area contributed by atoms with Crippen molar-refractivity contribution in [1.82, 2.24) is 10.6 Å². The van der Waals surface area contributed by atoms with Crippen LogP contribution in [0.3, 0.4) is 0 Å². The average molecular weight is 314 g/mol. The molecule has 0 radical (unpaired) electrons. The van der Waals surface area contributed by atoms with Gasteiger partial charge in [0.1, 0.15) is 5.60 Å². The highest BCUT2D eigenvalue weighted by molar-refractivity contribution is 5.89. The molecule has 2 aromatic rings. The van der Waals surface area contributed by atoms with Crippen molar-refractivity contribution in [3.05, 3.63) is 47.5 Å². The minimum Gasteiger partial charge on any atom is -0.444 e. The lowest BCUT2D eigenvalue weighted by molar-refractivity contribution is -0.109. The van der Waals surface area contributed by atoms with Crippen molar-refractivity contribution in [2.45, 2.75) is 39.5 Å². The molecule has 122 valence electrons. The largest absolute Gasteiger partial charge is 0.444 e. The maximum absolute atomic E-state index is 11.8. The molecule has 2 rings (SSSR count). The average Bonchev–Trinajstić information content (AvgIpc) is 2.49. The first-order valence-electron chi connectivity index (χ1n) is 7.54. The predicted octanol–water partition coefficient (Wildman–Crippen LogP) is 3.11. The Morgan fingerprint density at radius 3 is 2.13 bits per heavy atom. The molecule has 5 heteroatoms. The van der Waals surface area contributed by atoms with Gasteiger partial charge in [0.2, 0.25) is 6.41 Å². The number of rotatable bonds is 5. The number of ether oxygens (including phenoxy) is 1. The van der Waals surface area contributed by atoms with E-state index in [1.807, 2.05) is 57.2 Å². The van der Waals surface area contributed by atoms with Gasteiger partial charge in [0.15, 0.2) is 0 Å². The van der Waals surface area contributed by atoms with E-state index in [9.17, 15) is 9.59 Å². The van der Waals surface area contributed by atoms with Crippen LogP contribution in [0.4, 0.5) is 4.79 Å². The van der Waals surface area contributed by atoms with Crippen molar-refractivity contribution in [2.75, 3.05) is 0 Å². The van der Waals surface area contributed by atoms with Gasteiger partial charge in [-0.05, 0) is 42.7 Å². The quantitative estimate of drug-likeness (QED) is 0.833. The number of benzene rings is 2. The normalized spacial score (nSPS) is 11.1. The summed E-state index contributed by atoms with van der Waals surface area (Å²) in [5.41, 5.74) is 1.52. The predicted molar refractivity (Wildman–Crippen MR) is 89.9 cm³/mol. The summed E-state index contributed by atoms with van der Waals surface area (Å²) in [6.07, 6.45) is 0.250. The molecule has 23 heavy (non-hydrogen) atoms. The fourth-order valence-corrected chi connectivity index (χ4v) is 2.37. The van der Waals surface area contributed by atoms with Crippen LogP contribution in [0.2, 0.25) is 0 Å². The van der Waals surface area contributed by atoms with Crippen LogP contribution in [0, 0.1) is 0 Å². The number of alkyl carbamates (subject to hydrolysis) is 1. The minimum absolute atomic E-state index is 0.386. The molecule has 0 fully saturated rings. The first-order chi connectivity index (χ1) is 10.9. The second-order valence-electron chi connectivity index (χ2n) is 6.28. The van der Waals surface area contributed by atoms with Crippen molar-refractivity contribution < 1.29 is 14.3 Å². The van der Waals surface area contributed by atoms with E-state index in [4.69, 9.17) is 4.74 Å². The molecule has 0 aliphatic rings. The fourth-order valence-electron chi connectivity index (χ4n) is 2.37. The number of carbonyl (C=O) groups is 2. The van der Waals surface area contributed by atoms with Gasteiger partial charge in [0.25, 0.3) is 0 Å². The number of amides is 2. The van der Waals surface area contributed by atoms with Gasteiger partial charge in [-0.15, -0.1) is 0 Å². The van der Waals surface area contributed by atoms with Gasteiger partial charge in [-0.1, -0.05) is 36.4 Å². The highest BCUT2D eigenvalue weighted by Crippen LogP contribution is 2.23. The van der Waals surface area contributed by atoms with Crippen molar-refractivity contribution >= 4 is 23.3 Å². The van der Waals surface area contributed by atoms with Gasteiger partial charge < -0.3 is 15.4 Å². The summed E-state index contributed by atoms with van der Waals surface area (Å²) in [7, 11) is 0. The molecule has 0 atom stereocenters. The van der Waals surface area contributed by atoms with Gasteiger partial charge in [-0.2, -0.15) is 0 Å². The molecule has 2 N–H and O–H groups in total. The van der Waals surface area contributed by atoms with Gasteiger partial charge in [0.05, 0.1) is 0 Å². The fraction of sp³-hybridized carbons (Fsp3) is 0.333. The zero-order valence-electron chi connectivity index (χ0n) is 13.7. The van der Waals surface area contributed by atoms with Crippen LogP contribution in [0.5, 0.6) is 0 Å². The Morgan fingerprint density at radius 1 is 1.04 bits per heavy atom. The molecule has 0 aromatic heterocycles. The monoisotopic (exact) mass is 314 g/mol. The molecule has 0 spiro atoms. The first-order valence-corrected chi connectivity index (χ1v) is 7.54. The van der Waals surface area contributed by atoms with Crippen LogP contribution in [0.1, 0.15) is 31.9 Å². The van der Waals surface area contributed by atoms with E-state index >= 15 is 0 Å². The zero-order valence-corrected chi connectivity index (χ0v) is 13.7. The van der Waals surface area contributed by atoms with Gasteiger partial charge >= 0.3 is 6.09 Å². The van der Waals surface area contributed by atoms with E-state index in [2.05, 4.69) is 10.6 Å². The summed E-state index contributed by atoms with van der Waals surface area (Å²) in [4.78, 5) is 22.3. The lowest BCUT2D eigenvalue weighted by atomic mass is 9.99. The van der Waals surface area contributed by atoms with Crippen molar-refractivity contribution in [2.24, 2.45) is 0 Å². The van der Waals surface area contributed by atoms with E-state index in [1.54, 1.807) is 0 Å². The molecule has 0 aliphatic carbocycles. The standard InChI is InChI=1S/C18H22N2O3/c1-18(2,3)23-17(22)20-11-14-9-8-13(10-19-12-21)15-6-4-5-7-16(14)15/h4-9,12H,10-11H2,1-3H3,(H,19,21)(H,20,22). The van der Waals surface area contributed by atoms with Gasteiger partial charge in [-0.3, -0.25) is 4.79 Å². The van der Waals surface area contributed by atoms with Crippen molar-refractivity contribution in [1.29, 1.82) is 0 Å². The Hall–Kier alpha value is -2.56. The molecular formula is C18H22N2O3. The lowest BCUT2D eigenvalue weighted by Crippen LogP contribution is -2.32. The molecule has 0 aliphatic heterocycles. The van der Waals surface area contributed by atoms with Gasteiger partial charge in [-0.25, -0.2) is 4.79 Å². The smallest absolute Gasteiger partial charge is 0.407 e. The van der Waals surface area contributed by atoms with E-state index < -0.39 is 11.7 Å². The minimum atomic E-state index is -0.517.